The summed E-state index contributed by atoms with van der Waals surface area (Å²) in [5, 5.41) is 7.41. The summed E-state index contributed by atoms with van der Waals surface area (Å²) in [5.74, 6) is 0.362. The van der Waals surface area contributed by atoms with Gasteiger partial charge in [-0.15, -0.1) is 0 Å². The van der Waals surface area contributed by atoms with Gasteiger partial charge in [0, 0.05) is 40.5 Å². The molecule has 1 amide bonds. The van der Waals surface area contributed by atoms with Gasteiger partial charge in [-0.3, -0.25) is 9.69 Å². The number of benzene rings is 4. The Morgan fingerprint density at radius 1 is 0.875 bits per heavy atom. The SMILES string of the molecule is CCN(Cc1ccc(C)c(NC(=O)c2ccc(Nc3nc(-c4ccccc4)c4ccccc4n3)cc2)c1)C(C)C. The molecule has 0 unspecified atom stereocenters. The van der Waals surface area contributed by atoms with Gasteiger partial charge < -0.3 is 10.6 Å². The highest BCUT2D eigenvalue weighted by atomic mass is 16.1. The van der Waals surface area contributed by atoms with E-state index in [0.29, 0.717) is 17.6 Å². The molecular weight excluding hydrogens is 494 g/mol. The molecule has 2 N–H and O–H groups in total. The molecule has 1 heterocycles. The fourth-order valence-corrected chi connectivity index (χ4v) is 4.77. The zero-order chi connectivity index (χ0) is 28.1. The third kappa shape index (κ3) is 6.19. The standard InChI is InChI=1S/C34H35N5O/c1-5-39(23(2)3)22-25-16-15-24(4)31(21-25)36-33(40)27-17-19-28(20-18-27)35-34-37-30-14-10-9-13-29(30)32(38-34)26-11-7-6-8-12-26/h6-21,23H,5,22H2,1-4H3,(H,36,40)(H,35,37,38). The van der Waals surface area contributed by atoms with E-state index >= 15 is 0 Å². The Morgan fingerprint density at radius 2 is 1.60 bits per heavy atom. The van der Waals surface area contributed by atoms with Gasteiger partial charge in [-0.25, -0.2) is 9.97 Å². The summed E-state index contributed by atoms with van der Waals surface area (Å²) >= 11 is 0. The molecule has 0 aliphatic rings. The van der Waals surface area contributed by atoms with Crippen LogP contribution in [0.1, 0.15) is 42.3 Å². The molecule has 0 spiro atoms. The van der Waals surface area contributed by atoms with Crippen LogP contribution in [0.4, 0.5) is 17.3 Å². The Kier molecular flexibility index (Phi) is 8.18. The Labute approximate surface area is 236 Å². The largest absolute Gasteiger partial charge is 0.324 e. The fourth-order valence-electron chi connectivity index (χ4n) is 4.77. The lowest BCUT2D eigenvalue weighted by Gasteiger charge is -2.25. The second-order valence-electron chi connectivity index (χ2n) is 10.2. The van der Waals surface area contributed by atoms with Crippen molar-refractivity contribution < 1.29 is 4.79 Å². The number of carbonyl (C=O) groups is 1. The molecular formula is C34H35N5O. The highest BCUT2D eigenvalue weighted by molar-refractivity contribution is 6.05. The molecule has 6 nitrogen and oxygen atoms in total. The highest BCUT2D eigenvalue weighted by Crippen LogP contribution is 2.28. The summed E-state index contributed by atoms with van der Waals surface area (Å²) in [7, 11) is 0. The number of hydrogen-bond donors (Lipinski definition) is 2. The van der Waals surface area contributed by atoms with Gasteiger partial charge in [0.1, 0.15) is 0 Å². The van der Waals surface area contributed by atoms with Crippen LogP contribution in [-0.4, -0.2) is 33.4 Å². The zero-order valence-corrected chi connectivity index (χ0v) is 23.5. The van der Waals surface area contributed by atoms with Crippen LogP contribution in [0.5, 0.6) is 0 Å². The van der Waals surface area contributed by atoms with Crippen LogP contribution >= 0.6 is 0 Å². The van der Waals surface area contributed by atoms with E-state index in [1.165, 1.54) is 5.56 Å². The van der Waals surface area contributed by atoms with Crippen LogP contribution in [0, 0.1) is 6.92 Å². The Hall–Kier alpha value is -4.55. The lowest BCUT2D eigenvalue weighted by atomic mass is 10.1. The number of para-hydroxylation sites is 1. The average molecular weight is 530 g/mol. The first-order chi connectivity index (χ1) is 19.4. The molecule has 5 aromatic rings. The van der Waals surface area contributed by atoms with Crippen molar-refractivity contribution in [2.45, 2.75) is 40.3 Å². The van der Waals surface area contributed by atoms with Gasteiger partial charge in [-0.05, 0) is 74.8 Å². The number of aryl methyl sites for hydroxylation is 1. The third-order valence-corrected chi connectivity index (χ3v) is 7.13. The molecule has 0 saturated heterocycles. The van der Waals surface area contributed by atoms with E-state index in [0.717, 1.165) is 52.2 Å². The second kappa shape index (κ2) is 12.1. The monoisotopic (exact) mass is 529 g/mol. The van der Waals surface area contributed by atoms with Crippen molar-refractivity contribution in [3.05, 3.63) is 114 Å². The van der Waals surface area contributed by atoms with Gasteiger partial charge >= 0.3 is 0 Å². The van der Waals surface area contributed by atoms with Crippen LogP contribution in [0.15, 0.2) is 97.1 Å². The maximum atomic E-state index is 13.1. The molecule has 5 rings (SSSR count). The summed E-state index contributed by atoms with van der Waals surface area (Å²) < 4.78 is 0. The van der Waals surface area contributed by atoms with Crippen molar-refractivity contribution >= 4 is 34.1 Å². The minimum atomic E-state index is -0.142. The topological polar surface area (TPSA) is 70.2 Å². The Balaban J connectivity index is 1.32. The van der Waals surface area contributed by atoms with Gasteiger partial charge in [-0.1, -0.05) is 67.6 Å². The molecule has 0 fully saturated rings. The molecule has 40 heavy (non-hydrogen) atoms. The van der Waals surface area contributed by atoms with E-state index in [9.17, 15) is 4.79 Å². The van der Waals surface area contributed by atoms with Gasteiger partial charge in [0.25, 0.3) is 5.91 Å². The molecule has 0 radical (unpaired) electrons. The van der Waals surface area contributed by atoms with Crippen LogP contribution in [-0.2, 0) is 6.54 Å². The van der Waals surface area contributed by atoms with E-state index in [2.05, 4.69) is 54.5 Å². The number of carbonyl (C=O) groups excluding carboxylic acids is 1. The summed E-state index contributed by atoms with van der Waals surface area (Å²) in [4.78, 5) is 25.1. The maximum absolute atomic E-state index is 13.1. The molecule has 202 valence electrons. The van der Waals surface area contributed by atoms with Crippen LogP contribution in [0.25, 0.3) is 22.2 Å². The smallest absolute Gasteiger partial charge is 0.255 e. The first-order valence-corrected chi connectivity index (χ1v) is 13.8. The number of hydrogen-bond acceptors (Lipinski definition) is 5. The number of rotatable bonds is 9. The molecule has 6 heteroatoms. The zero-order valence-electron chi connectivity index (χ0n) is 23.5. The van der Waals surface area contributed by atoms with Crippen molar-refractivity contribution in [2.24, 2.45) is 0 Å². The van der Waals surface area contributed by atoms with Gasteiger partial charge in [0.05, 0.1) is 11.2 Å². The van der Waals surface area contributed by atoms with Crippen LogP contribution < -0.4 is 10.6 Å². The molecule has 0 aliphatic carbocycles. The van der Waals surface area contributed by atoms with E-state index in [-0.39, 0.29) is 5.91 Å². The summed E-state index contributed by atoms with van der Waals surface area (Å²) in [6.45, 7) is 10.4. The Morgan fingerprint density at radius 3 is 2.33 bits per heavy atom. The molecule has 0 saturated carbocycles. The van der Waals surface area contributed by atoms with Crippen molar-refractivity contribution in [3.63, 3.8) is 0 Å². The molecule has 0 atom stereocenters. The van der Waals surface area contributed by atoms with E-state index in [4.69, 9.17) is 9.97 Å². The van der Waals surface area contributed by atoms with E-state index in [1.54, 1.807) is 0 Å². The number of fused-ring (bicyclic) bond motifs is 1. The number of aromatic nitrogens is 2. The molecule has 0 aliphatic heterocycles. The first kappa shape index (κ1) is 27.0. The fraction of sp³-hybridized carbons (Fsp3) is 0.206. The third-order valence-electron chi connectivity index (χ3n) is 7.13. The predicted octanol–water partition coefficient (Wildman–Crippen LogP) is 7.83. The minimum Gasteiger partial charge on any atom is -0.324 e. The van der Waals surface area contributed by atoms with E-state index < -0.39 is 0 Å². The van der Waals surface area contributed by atoms with Crippen LogP contribution in [0.2, 0.25) is 0 Å². The van der Waals surface area contributed by atoms with E-state index in [1.807, 2.05) is 85.8 Å². The quantitative estimate of drug-likeness (QED) is 0.204. The maximum Gasteiger partial charge on any atom is 0.255 e. The van der Waals surface area contributed by atoms with Crippen molar-refractivity contribution in [1.82, 2.24) is 14.9 Å². The Bertz CT molecular complexity index is 1610. The highest BCUT2D eigenvalue weighted by Gasteiger charge is 2.13. The van der Waals surface area contributed by atoms with Gasteiger partial charge in [0.15, 0.2) is 0 Å². The van der Waals surface area contributed by atoms with Gasteiger partial charge in [0.2, 0.25) is 5.95 Å². The van der Waals surface area contributed by atoms with Crippen molar-refractivity contribution in [3.8, 4) is 11.3 Å². The predicted molar refractivity (Wildman–Crippen MR) is 165 cm³/mol. The number of nitrogens with zero attached hydrogens (tertiary/aromatic N) is 3. The number of nitrogens with one attached hydrogen (secondary N) is 2. The number of amides is 1. The lowest BCUT2D eigenvalue weighted by molar-refractivity contribution is 0.102. The molecule has 4 aromatic carbocycles. The first-order valence-electron chi connectivity index (χ1n) is 13.8. The molecule has 1 aromatic heterocycles. The second-order valence-corrected chi connectivity index (χ2v) is 10.2. The average Bonchev–Trinajstić information content (AvgIpc) is 2.97. The summed E-state index contributed by atoms with van der Waals surface area (Å²) in [6.07, 6.45) is 0. The normalized spacial score (nSPS) is 11.2. The minimum absolute atomic E-state index is 0.142. The van der Waals surface area contributed by atoms with Crippen molar-refractivity contribution in [2.75, 3.05) is 17.2 Å². The van der Waals surface area contributed by atoms with Gasteiger partial charge in [-0.2, -0.15) is 0 Å². The van der Waals surface area contributed by atoms with Crippen LogP contribution in [0.3, 0.4) is 0 Å². The lowest BCUT2D eigenvalue weighted by Crippen LogP contribution is -2.30. The summed E-state index contributed by atoms with van der Waals surface area (Å²) in [5.41, 5.74) is 7.20. The number of anilines is 3. The molecule has 0 bridgehead atoms. The summed E-state index contributed by atoms with van der Waals surface area (Å²) in [6, 6.07) is 32.2. The van der Waals surface area contributed by atoms with Crippen molar-refractivity contribution in [1.29, 1.82) is 0 Å².